The maximum absolute atomic E-state index is 11.9. The molecule has 0 saturated carbocycles. The lowest BCUT2D eigenvalue weighted by atomic mass is 9.92. The molecule has 0 rings (SSSR count). The van der Waals surface area contributed by atoms with Crippen LogP contribution in [-0.2, 0) is 9.53 Å². The van der Waals surface area contributed by atoms with E-state index < -0.39 is 5.41 Å². The number of methoxy groups -OCH3 is 1. The molecule has 0 aromatic rings. The van der Waals surface area contributed by atoms with Crippen molar-refractivity contribution in [3.05, 3.63) is 0 Å². The van der Waals surface area contributed by atoms with E-state index in [4.69, 9.17) is 4.74 Å². The molecule has 0 aliphatic carbocycles. The van der Waals surface area contributed by atoms with Crippen LogP contribution in [0, 0.1) is 5.41 Å². The second kappa shape index (κ2) is 8.74. The van der Waals surface area contributed by atoms with Gasteiger partial charge in [-0.25, -0.2) is 0 Å². The Labute approximate surface area is 116 Å². The third-order valence-electron chi connectivity index (χ3n) is 2.67. The molecule has 3 N–H and O–H groups in total. The van der Waals surface area contributed by atoms with Crippen LogP contribution in [0.25, 0.3) is 0 Å². The van der Waals surface area contributed by atoms with Crippen LogP contribution < -0.4 is 16.0 Å². The van der Waals surface area contributed by atoms with Gasteiger partial charge >= 0.3 is 0 Å². The van der Waals surface area contributed by atoms with Gasteiger partial charge in [-0.05, 0) is 27.7 Å². The highest BCUT2D eigenvalue weighted by atomic mass is 16.5. The summed E-state index contributed by atoms with van der Waals surface area (Å²) in [6, 6.07) is 0.156. The normalized spacial score (nSPS) is 13.9. The summed E-state index contributed by atoms with van der Waals surface area (Å²) in [5.74, 6) is 0.699. The molecule has 0 aromatic heterocycles. The van der Waals surface area contributed by atoms with Gasteiger partial charge in [0, 0.05) is 33.3 Å². The fourth-order valence-electron chi connectivity index (χ4n) is 1.50. The molecule has 0 radical (unpaired) electrons. The summed E-state index contributed by atoms with van der Waals surface area (Å²) in [5.41, 5.74) is -0.488. The number of nitrogens with one attached hydrogen (secondary N) is 3. The molecule has 0 fully saturated rings. The van der Waals surface area contributed by atoms with Crippen LogP contribution in [0.3, 0.4) is 0 Å². The minimum absolute atomic E-state index is 0.0305. The van der Waals surface area contributed by atoms with Crippen molar-refractivity contribution < 1.29 is 9.53 Å². The number of carbonyl (C=O) groups excluding carboxylic acids is 1. The Balaban J connectivity index is 4.31. The van der Waals surface area contributed by atoms with Crippen molar-refractivity contribution in [1.82, 2.24) is 16.0 Å². The van der Waals surface area contributed by atoms with Gasteiger partial charge in [-0.3, -0.25) is 9.79 Å². The quantitative estimate of drug-likeness (QED) is 0.462. The third-order valence-corrected chi connectivity index (χ3v) is 2.67. The van der Waals surface area contributed by atoms with Crippen molar-refractivity contribution in [1.29, 1.82) is 0 Å². The number of amides is 1. The smallest absolute Gasteiger partial charge is 0.227 e. The van der Waals surface area contributed by atoms with Crippen molar-refractivity contribution in [3.63, 3.8) is 0 Å². The molecule has 0 aromatic carbocycles. The Morgan fingerprint density at radius 2 is 2.00 bits per heavy atom. The zero-order valence-electron chi connectivity index (χ0n) is 13.0. The Morgan fingerprint density at radius 3 is 2.47 bits per heavy atom. The largest absolute Gasteiger partial charge is 0.383 e. The lowest BCUT2D eigenvalue weighted by Crippen LogP contribution is -2.50. The summed E-state index contributed by atoms with van der Waals surface area (Å²) in [6.07, 6.45) is 0. The van der Waals surface area contributed by atoms with Crippen molar-refractivity contribution in [2.24, 2.45) is 10.4 Å². The first kappa shape index (κ1) is 17.7. The van der Waals surface area contributed by atoms with E-state index in [0.717, 1.165) is 0 Å². The molecule has 1 atom stereocenters. The van der Waals surface area contributed by atoms with Crippen molar-refractivity contribution >= 4 is 11.9 Å². The molecule has 0 bridgehead atoms. The van der Waals surface area contributed by atoms with E-state index in [1.54, 1.807) is 14.2 Å². The van der Waals surface area contributed by atoms with E-state index in [0.29, 0.717) is 25.7 Å². The van der Waals surface area contributed by atoms with Gasteiger partial charge in [-0.15, -0.1) is 0 Å². The molecule has 6 heteroatoms. The van der Waals surface area contributed by atoms with E-state index >= 15 is 0 Å². The molecule has 0 spiro atoms. The first-order chi connectivity index (χ1) is 8.87. The van der Waals surface area contributed by atoms with Crippen LogP contribution in [-0.4, -0.2) is 51.8 Å². The van der Waals surface area contributed by atoms with Gasteiger partial charge in [-0.1, -0.05) is 0 Å². The minimum atomic E-state index is -0.488. The molecule has 6 nitrogen and oxygen atoms in total. The number of guanidine groups is 1. The summed E-state index contributed by atoms with van der Waals surface area (Å²) >= 11 is 0. The Bertz CT molecular complexity index is 303. The highest BCUT2D eigenvalue weighted by Crippen LogP contribution is 2.13. The molecule has 0 heterocycles. The van der Waals surface area contributed by atoms with E-state index in [1.807, 2.05) is 27.7 Å². The van der Waals surface area contributed by atoms with Crippen LogP contribution >= 0.6 is 0 Å². The number of aliphatic imine (C=N–C) groups is 1. The van der Waals surface area contributed by atoms with E-state index in [2.05, 4.69) is 20.9 Å². The first-order valence-electron chi connectivity index (χ1n) is 6.61. The molecule has 0 saturated heterocycles. The number of ether oxygens (including phenoxy) is 1. The molecular formula is C13H28N4O2. The third kappa shape index (κ3) is 7.00. The number of carbonyl (C=O) groups is 1. The fraction of sp³-hybridized carbons (Fsp3) is 0.846. The fourth-order valence-corrected chi connectivity index (χ4v) is 1.50. The lowest BCUT2D eigenvalue weighted by molar-refractivity contribution is -0.128. The van der Waals surface area contributed by atoms with Gasteiger partial charge in [0.25, 0.3) is 0 Å². The molecule has 1 unspecified atom stereocenters. The number of nitrogens with zero attached hydrogens (tertiary/aromatic N) is 1. The van der Waals surface area contributed by atoms with Gasteiger partial charge in [0.2, 0.25) is 5.91 Å². The average molecular weight is 272 g/mol. The van der Waals surface area contributed by atoms with Gasteiger partial charge in [0.1, 0.15) is 0 Å². The first-order valence-corrected chi connectivity index (χ1v) is 6.61. The van der Waals surface area contributed by atoms with Crippen molar-refractivity contribution in [2.45, 2.75) is 33.7 Å². The second-order valence-electron chi connectivity index (χ2n) is 5.17. The SMILES string of the molecule is CCNC(=O)C(C)(C)CNC(=NC)NC(C)COC. The summed E-state index contributed by atoms with van der Waals surface area (Å²) in [7, 11) is 3.36. The standard InChI is InChI=1S/C13H28N4O2/c1-7-15-11(18)13(3,4)9-16-12(14-5)17-10(2)8-19-6/h10H,7-9H2,1-6H3,(H,15,18)(H2,14,16,17). The maximum Gasteiger partial charge on any atom is 0.227 e. The van der Waals surface area contributed by atoms with Gasteiger partial charge in [0.05, 0.1) is 12.0 Å². The summed E-state index contributed by atoms with van der Waals surface area (Å²) in [4.78, 5) is 16.0. The van der Waals surface area contributed by atoms with Crippen molar-refractivity contribution in [3.8, 4) is 0 Å². The molecule has 1 amide bonds. The van der Waals surface area contributed by atoms with E-state index in [-0.39, 0.29) is 11.9 Å². The highest BCUT2D eigenvalue weighted by Gasteiger charge is 2.27. The second-order valence-corrected chi connectivity index (χ2v) is 5.17. The van der Waals surface area contributed by atoms with Crippen LogP contribution in [0.4, 0.5) is 0 Å². The maximum atomic E-state index is 11.9. The number of hydrogen-bond acceptors (Lipinski definition) is 3. The summed E-state index contributed by atoms with van der Waals surface area (Å²) in [5, 5.41) is 9.18. The summed E-state index contributed by atoms with van der Waals surface area (Å²) in [6.45, 7) is 9.46. The van der Waals surface area contributed by atoms with Gasteiger partial charge in [-0.2, -0.15) is 0 Å². The monoisotopic (exact) mass is 272 g/mol. The summed E-state index contributed by atoms with van der Waals surface area (Å²) < 4.78 is 5.06. The average Bonchev–Trinajstić information content (AvgIpc) is 2.35. The number of rotatable bonds is 7. The molecular weight excluding hydrogens is 244 g/mol. The van der Waals surface area contributed by atoms with Crippen LogP contribution in [0.1, 0.15) is 27.7 Å². The van der Waals surface area contributed by atoms with Crippen LogP contribution in [0.5, 0.6) is 0 Å². The van der Waals surface area contributed by atoms with Gasteiger partial charge < -0.3 is 20.7 Å². The Kier molecular flexibility index (Phi) is 8.14. The van der Waals surface area contributed by atoms with E-state index in [9.17, 15) is 4.79 Å². The molecule has 0 aliphatic heterocycles. The zero-order chi connectivity index (χ0) is 14.9. The molecule has 112 valence electrons. The highest BCUT2D eigenvalue weighted by molar-refractivity contribution is 5.84. The topological polar surface area (TPSA) is 74.8 Å². The molecule has 0 aliphatic rings. The Morgan fingerprint density at radius 1 is 1.37 bits per heavy atom. The number of hydrogen-bond donors (Lipinski definition) is 3. The van der Waals surface area contributed by atoms with Crippen LogP contribution in [0.2, 0.25) is 0 Å². The molecule has 19 heavy (non-hydrogen) atoms. The van der Waals surface area contributed by atoms with E-state index in [1.165, 1.54) is 0 Å². The predicted octanol–water partition coefficient (Wildman–Crippen LogP) is 0.349. The zero-order valence-corrected chi connectivity index (χ0v) is 13.0. The Hall–Kier alpha value is -1.30. The lowest BCUT2D eigenvalue weighted by Gasteiger charge is -2.25. The predicted molar refractivity (Wildman–Crippen MR) is 78.3 cm³/mol. The van der Waals surface area contributed by atoms with Crippen LogP contribution in [0.15, 0.2) is 4.99 Å². The minimum Gasteiger partial charge on any atom is -0.383 e. The van der Waals surface area contributed by atoms with Crippen molar-refractivity contribution in [2.75, 3.05) is 33.9 Å². The van der Waals surface area contributed by atoms with Gasteiger partial charge in [0.15, 0.2) is 5.96 Å².